The van der Waals surface area contributed by atoms with E-state index in [9.17, 15) is 19.8 Å². The second-order valence-electron chi connectivity index (χ2n) is 7.09. The predicted molar refractivity (Wildman–Crippen MR) is 122 cm³/mol. The van der Waals surface area contributed by atoms with Crippen LogP contribution < -0.4 is 9.64 Å². The Bertz CT molecular complexity index is 1250. The summed E-state index contributed by atoms with van der Waals surface area (Å²) in [5.41, 5.74) is 1.05. The number of anilines is 1. The number of phenolic OH excluding ortho intramolecular Hbond substituents is 1. The molecule has 0 radical (unpaired) electrons. The SMILES string of the molecule is COc1cccc(N2C(=O)C(=O)/C(=C(\O)c3ccc(Cl)cc3)C2c2ccc(O)c(Cl)c2)c1. The van der Waals surface area contributed by atoms with Gasteiger partial charge in [-0.05, 0) is 54.1 Å². The van der Waals surface area contributed by atoms with E-state index in [1.165, 1.54) is 24.1 Å². The third-order valence-electron chi connectivity index (χ3n) is 5.18. The summed E-state index contributed by atoms with van der Waals surface area (Å²) in [6.07, 6.45) is 0. The van der Waals surface area contributed by atoms with Crippen molar-refractivity contribution in [1.82, 2.24) is 0 Å². The number of halogens is 2. The molecule has 1 heterocycles. The molecule has 1 saturated heterocycles. The molecule has 0 aliphatic carbocycles. The second kappa shape index (κ2) is 8.57. The van der Waals surface area contributed by atoms with Crippen molar-refractivity contribution in [2.45, 2.75) is 6.04 Å². The van der Waals surface area contributed by atoms with Gasteiger partial charge in [-0.2, -0.15) is 0 Å². The number of benzene rings is 3. The number of ether oxygens (including phenoxy) is 1. The first-order valence-electron chi connectivity index (χ1n) is 9.51. The highest BCUT2D eigenvalue weighted by atomic mass is 35.5. The number of rotatable bonds is 4. The molecule has 1 fully saturated rings. The van der Waals surface area contributed by atoms with Crippen molar-refractivity contribution in [2.75, 3.05) is 12.0 Å². The summed E-state index contributed by atoms with van der Waals surface area (Å²) in [5, 5.41) is 21.4. The van der Waals surface area contributed by atoms with Crippen LogP contribution in [0.2, 0.25) is 10.0 Å². The molecular formula is C24H17Cl2NO5. The smallest absolute Gasteiger partial charge is 0.300 e. The summed E-state index contributed by atoms with van der Waals surface area (Å²) in [5.74, 6) is -1.67. The van der Waals surface area contributed by atoms with E-state index in [1.807, 2.05) is 0 Å². The van der Waals surface area contributed by atoms with E-state index in [4.69, 9.17) is 27.9 Å². The molecule has 2 N–H and O–H groups in total. The Labute approximate surface area is 193 Å². The fraction of sp³-hybridized carbons (Fsp3) is 0.0833. The molecule has 0 aromatic heterocycles. The van der Waals surface area contributed by atoms with Crippen molar-refractivity contribution in [3.05, 3.63) is 93.5 Å². The molecule has 0 bridgehead atoms. The van der Waals surface area contributed by atoms with Gasteiger partial charge >= 0.3 is 0 Å². The van der Waals surface area contributed by atoms with E-state index in [2.05, 4.69) is 0 Å². The van der Waals surface area contributed by atoms with Gasteiger partial charge in [-0.1, -0.05) is 35.3 Å². The van der Waals surface area contributed by atoms with Crippen LogP contribution in [0, 0.1) is 0 Å². The molecule has 32 heavy (non-hydrogen) atoms. The molecule has 1 atom stereocenters. The van der Waals surface area contributed by atoms with Gasteiger partial charge in [-0.15, -0.1) is 0 Å². The van der Waals surface area contributed by atoms with Gasteiger partial charge in [0.15, 0.2) is 0 Å². The second-order valence-corrected chi connectivity index (χ2v) is 7.93. The van der Waals surface area contributed by atoms with Crippen molar-refractivity contribution in [3.63, 3.8) is 0 Å². The van der Waals surface area contributed by atoms with Crippen LogP contribution in [0.3, 0.4) is 0 Å². The molecule has 4 rings (SSSR count). The molecule has 8 heteroatoms. The molecule has 6 nitrogen and oxygen atoms in total. The minimum Gasteiger partial charge on any atom is -0.507 e. The average molecular weight is 470 g/mol. The molecule has 3 aromatic rings. The summed E-state index contributed by atoms with van der Waals surface area (Å²) in [6, 6.07) is 16.3. The maximum absolute atomic E-state index is 13.1. The van der Waals surface area contributed by atoms with Crippen LogP contribution in [0.1, 0.15) is 17.2 Å². The zero-order valence-electron chi connectivity index (χ0n) is 16.8. The van der Waals surface area contributed by atoms with E-state index in [1.54, 1.807) is 54.6 Å². The van der Waals surface area contributed by atoms with Crippen LogP contribution in [0.25, 0.3) is 5.76 Å². The Hall–Kier alpha value is -3.48. The highest BCUT2D eigenvalue weighted by molar-refractivity contribution is 6.51. The number of ketones is 1. The van der Waals surface area contributed by atoms with Gasteiger partial charge < -0.3 is 14.9 Å². The monoisotopic (exact) mass is 469 g/mol. The number of methoxy groups -OCH3 is 1. The van der Waals surface area contributed by atoms with E-state index in [0.717, 1.165) is 0 Å². The topological polar surface area (TPSA) is 87.1 Å². The van der Waals surface area contributed by atoms with Crippen LogP contribution in [-0.2, 0) is 9.59 Å². The normalized spacial score (nSPS) is 17.6. The van der Waals surface area contributed by atoms with Crippen molar-refractivity contribution < 1.29 is 24.5 Å². The van der Waals surface area contributed by atoms with Gasteiger partial charge in [-0.3, -0.25) is 14.5 Å². The van der Waals surface area contributed by atoms with Gasteiger partial charge in [0, 0.05) is 22.3 Å². The molecular weight excluding hydrogens is 453 g/mol. The molecule has 0 saturated carbocycles. The number of hydrogen-bond acceptors (Lipinski definition) is 5. The maximum atomic E-state index is 13.1. The highest BCUT2D eigenvalue weighted by Crippen LogP contribution is 2.44. The zero-order chi connectivity index (χ0) is 23.0. The Morgan fingerprint density at radius 1 is 1.00 bits per heavy atom. The fourth-order valence-corrected chi connectivity index (χ4v) is 3.95. The van der Waals surface area contributed by atoms with Gasteiger partial charge in [0.05, 0.1) is 23.7 Å². The van der Waals surface area contributed by atoms with Crippen LogP contribution in [0.15, 0.2) is 72.3 Å². The average Bonchev–Trinajstić information content (AvgIpc) is 3.06. The number of aliphatic hydroxyl groups excluding tert-OH is 1. The van der Waals surface area contributed by atoms with Gasteiger partial charge in [0.2, 0.25) is 0 Å². The first-order chi connectivity index (χ1) is 15.3. The maximum Gasteiger partial charge on any atom is 0.300 e. The number of hydrogen-bond donors (Lipinski definition) is 2. The number of carbonyl (C=O) groups excluding carboxylic acids is 2. The van der Waals surface area contributed by atoms with E-state index >= 15 is 0 Å². The summed E-state index contributed by atoms with van der Waals surface area (Å²) in [6.45, 7) is 0. The minimum absolute atomic E-state index is 0.0465. The number of aliphatic hydroxyl groups is 1. The summed E-state index contributed by atoms with van der Waals surface area (Å²) in [7, 11) is 1.49. The third-order valence-corrected chi connectivity index (χ3v) is 5.74. The van der Waals surface area contributed by atoms with E-state index in [-0.39, 0.29) is 22.1 Å². The van der Waals surface area contributed by atoms with E-state index < -0.39 is 17.7 Å². The van der Waals surface area contributed by atoms with Gasteiger partial charge in [0.1, 0.15) is 17.3 Å². The summed E-state index contributed by atoms with van der Waals surface area (Å²) < 4.78 is 5.26. The number of carbonyl (C=O) groups is 2. The Morgan fingerprint density at radius 3 is 2.38 bits per heavy atom. The van der Waals surface area contributed by atoms with Gasteiger partial charge in [-0.25, -0.2) is 0 Å². The lowest BCUT2D eigenvalue weighted by Gasteiger charge is -2.26. The molecule has 162 valence electrons. The molecule has 3 aromatic carbocycles. The molecule has 1 aliphatic heterocycles. The number of Topliss-reactive ketones (excluding diaryl/α,β-unsaturated/α-hetero) is 1. The first kappa shape index (κ1) is 21.7. The highest BCUT2D eigenvalue weighted by Gasteiger charge is 2.47. The number of phenols is 1. The molecule has 1 unspecified atom stereocenters. The van der Waals surface area contributed by atoms with Crippen LogP contribution >= 0.6 is 23.2 Å². The predicted octanol–water partition coefficient (Wildman–Crippen LogP) is 5.33. The summed E-state index contributed by atoms with van der Waals surface area (Å²) >= 11 is 12.1. The summed E-state index contributed by atoms with van der Waals surface area (Å²) in [4.78, 5) is 27.5. The third kappa shape index (κ3) is 3.79. The molecule has 1 aliphatic rings. The standard InChI is InChI=1S/C24H17Cl2NO5/c1-32-17-4-2-3-16(12-17)27-21(14-7-10-19(28)18(26)11-14)20(23(30)24(27)31)22(29)13-5-8-15(25)9-6-13/h2-12,21,28-29H,1H3/b22-20-. The molecule has 1 amide bonds. The molecule has 0 spiro atoms. The minimum atomic E-state index is -0.990. The largest absolute Gasteiger partial charge is 0.507 e. The Morgan fingerprint density at radius 2 is 1.72 bits per heavy atom. The lowest BCUT2D eigenvalue weighted by atomic mass is 9.95. The van der Waals surface area contributed by atoms with E-state index in [0.29, 0.717) is 27.6 Å². The fourth-order valence-electron chi connectivity index (χ4n) is 3.63. The Balaban J connectivity index is 1.96. The number of aromatic hydroxyl groups is 1. The van der Waals surface area contributed by atoms with Crippen molar-refractivity contribution >= 4 is 46.3 Å². The van der Waals surface area contributed by atoms with Crippen LogP contribution in [0.5, 0.6) is 11.5 Å². The van der Waals surface area contributed by atoms with Crippen LogP contribution in [0.4, 0.5) is 5.69 Å². The number of nitrogens with zero attached hydrogens (tertiary/aromatic N) is 1. The van der Waals surface area contributed by atoms with Gasteiger partial charge in [0.25, 0.3) is 11.7 Å². The number of amides is 1. The Kier molecular flexibility index (Phi) is 5.82. The van der Waals surface area contributed by atoms with Crippen molar-refractivity contribution in [1.29, 1.82) is 0 Å². The zero-order valence-corrected chi connectivity index (χ0v) is 18.3. The quantitative estimate of drug-likeness (QED) is 0.306. The van der Waals surface area contributed by atoms with Crippen molar-refractivity contribution in [3.8, 4) is 11.5 Å². The first-order valence-corrected chi connectivity index (χ1v) is 10.3. The lowest BCUT2D eigenvalue weighted by molar-refractivity contribution is -0.132. The lowest BCUT2D eigenvalue weighted by Crippen LogP contribution is -2.29. The van der Waals surface area contributed by atoms with Crippen molar-refractivity contribution in [2.24, 2.45) is 0 Å². The van der Waals surface area contributed by atoms with Crippen LogP contribution in [-0.4, -0.2) is 29.0 Å².